The van der Waals surface area contributed by atoms with Crippen LogP contribution < -0.4 is 15.0 Å². The van der Waals surface area contributed by atoms with Crippen molar-refractivity contribution in [3.05, 3.63) is 36.8 Å². The van der Waals surface area contributed by atoms with Crippen molar-refractivity contribution in [3.63, 3.8) is 0 Å². The van der Waals surface area contributed by atoms with Crippen LogP contribution >= 0.6 is 0 Å². The van der Waals surface area contributed by atoms with Gasteiger partial charge in [-0.05, 0) is 25.0 Å². The second-order valence-corrected chi connectivity index (χ2v) is 5.78. The minimum absolute atomic E-state index is 0.375. The van der Waals surface area contributed by atoms with Crippen LogP contribution in [0.25, 0.3) is 5.65 Å². The first-order chi connectivity index (χ1) is 11.8. The van der Waals surface area contributed by atoms with E-state index < -0.39 is 0 Å². The average molecular weight is 325 g/mol. The van der Waals surface area contributed by atoms with Crippen LogP contribution in [0.4, 0.5) is 11.8 Å². The summed E-state index contributed by atoms with van der Waals surface area (Å²) < 4.78 is 7.16. The second-order valence-electron chi connectivity index (χ2n) is 5.78. The number of ether oxygens (including phenoxy) is 1. The second kappa shape index (κ2) is 6.31. The molecule has 0 radical (unpaired) electrons. The molecular weight excluding hydrogens is 306 g/mol. The van der Waals surface area contributed by atoms with Crippen molar-refractivity contribution in [2.75, 3.05) is 30.4 Å². The molecular formula is C16H19N7O. The third kappa shape index (κ3) is 2.82. The number of pyridine rings is 1. The number of nitrogens with one attached hydrogen (secondary N) is 1. The van der Waals surface area contributed by atoms with Gasteiger partial charge in [-0.2, -0.15) is 0 Å². The smallest absolute Gasteiger partial charge is 0.231 e. The van der Waals surface area contributed by atoms with E-state index >= 15 is 0 Å². The lowest BCUT2D eigenvalue weighted by molar-refractivity contribution is 0.397. The number of fused-ring (bicyclic) bond motifs is 1. The molecule has 0 saturated carbocycles. The van der Waals surface area contributed by atoms with Crippen LogP contribution in [-0.2, 0) is 0 Å². The minimum Gasteiger partial charge on any atom is -0.481 e. The number of aromatic nitrogens is 5. The molecule has 0 unspecified atom stereocenters. The summed E-state index contributed by atoms with van der Waals surface area (Å²) in [6, 6.07) is 8.13. The van der Waals surface area contributed by atoms with Gasteiger partial charge in [-0.1, -0.05) is 6.07 Å². The lowest BCUT2D eigenvalue weighted by Crippen LogP contribution is -2.40. The van der Waals surface area contributed by atoms with E-state index in [1.165, 1.54) is 6.33 Å². The Hall–Kier alpha value is -2.90. The molecule has 3 aromatic heterocycles. The van der Waals surface area contributed by atoms with Crippen molar-refractivity contribution < 1.29 is 4.74 Å². The summed E-state index contributed by atoms with van der Waals surface area (Å²) in [5, 5.41) is 12.0. The van der Waals surface area contributed by atoms with Crippen molar-refractivity contribution in [3.8, 4) is 5.88 Å². The molecule has 0 amide bonds. The molecule has 4 rings (SSSR count). The van der Waals surface area contributed by atoms with E-state index in [1.807, 2.05) is 34.9 Å². The number of nitrogens with zero attached hydrogens (tertiary/aromatic N) is 6. The largest absolute Gasteiger partial charge is 0.481 e. The van der Waals surface area contributed by atoms with E-state index in [4.69, 9.17) is 4.74 Å². The summed E-state index contributed by atoms with van der Waals surface area (Å²) in [6.45, 7) is 1.85. The van der Waals surface area contributed by atoms with Crippen LogP contribution in [0.3, 0.4) is 0 Å². The number of hydrogen-bond acceptors (Lipinski definition) is 7. The molecule has 0 aromatic carbocycles. The van der Waals surface area contributed by atoms with Gasteiger partial charge in [0.2, 0.25) is 11.8 Å². The Bertz CT molecular complexity index is 826. The molecule has 8 heteroatoms. The van der Waals surface area contributed by atoms with Gasteiger partial charge in [0.15, 0.2) is 5.65 Å². The first-order valence-electron chi connectivity index (χ1n) is 8.01. The summed E-state index contributed by atoms with van der Waals surface area (Å²) in [4.78, 5) is 10.6. The lowest BCUT2D eigenvalue weighted by Gasteiger charge is -2.32. The highest BCUT2D eigenvalue weighted by Gasteiger charge is 2.22. The molecule has 0 atom stereocenters. The van der Waals surface area contributed by atoms with Crippen LogP contribution in [0, 0.1) is 0 Å². The van der Waals surface area contributed by atoms with Gasteiger partial charge < -0.3 is 15.0 Å². The summed E-state index contributed by atoms with van der Waals surface area (Å²) in [7, 11) is 1.60. The van der Waals surface area contributed by atoms with Crippen LogP contribution in [-0.4, -0.2) is 50.8 Å². The van der Waals surface area contributed by atoms with Crippen LogP contribution in [0.2, 0.25) is 0 Å². The maximum absolute atomic E-state index is 5.13. The normalized spacial score (nSPS) is 15.6. The molecule has 0 bridgehead atoms. The number of anilines is 2. The molecule has 1 saturated heterocycles. The van der Waals surface area contributed by atoms with E-state index in [2.05, 4.69) is 30.4 Å². The summed E-state index contributed by atoms with van der Waals surface area (Å²) in [5.74, 6) is 2.28. The third-order valence-electron chi connectivity index (χ3n) is 4.28. The fraction of sp³-hybridized carbons (Fsp3) is 0.375. The zero-order valence-electron chi connectivity index (χ0n) is 13.5. The molecule has 1 fully saturated rings. The average Bonchev–Trinajstić information content (AvgIpc) is 3.07. The first-order valence-corrected chi connectivity index (χ1v) is 8.01. The summed E-state index contributed by atoms with van der Waals surface area (Å²) in [6.07, 6.45) is 5.53. The third-order valence-corrected chi connectivity index (χ3v) is 4.28. The number of hydrogen-bond donors (Lipinski definition) is 1. The molecule has 8 nitrogen and oxygen atoms in total. The maximum atomic E-state index is 5.13. The molecule has 1 aliphatic rings. The molecule has 0 aliphatic carbocycles. The van der Waals surface area contributed by atoms with Gasteiger partial charge in [-0.25, -0.2) is 9.97 Å². The van der Waals surface area contributed by atoms with Crippen LogP contribution in [0.15, 0.2) is 36.8 Å². The Balaban J connectivity index is 1.41. The van der Waals surface area contributed by atoms with Crippen LogP contribution in [0.5, 0.6) is 5.88 Å². The van der Waals surface area contributed by atoms with Gasteiger partial charge in [0.05, 0.1) is 7.11 Å². The number of methoxy groups -OCH3 is 1. The van der Waals surface area contributed by atoms with Gasteiger partial charge in [0.1, 0.15) is 12.1 Å². The Labute approximate surface area is 139 Å². The van der Waals surface area contributed by atoms with Gasteiger partial charge in [-0.3, -0.25) is 4.40 Å². The fourth-order valence-corrected chi connectivity index (χ4v) is 3.01. The highest BCUT2D eigenvalue weighted by Crippen LogP contribution is 2.21. The molecule has 4 heterocycles. The fourth-order valence-electron chi connectivity index (χ4n) is 3.01. The van der Waals surface area contributed by atoms with Gasteiger partial charge in [0.25, 0.3) is 0 Å². The molecule has 1 aliphatic heterocycles. The predicted molar refractivity (Wildman–Crippen MR) is 90.4 cm³/mol. The van der Waals surface area contributed by atoms with Crippen molar-refractivity contribution in [1.29, 1.82) is 0 Å². The van der Waals surface area contributed by atoms with E-state index in [-0.39, 0.29) is 0 Å². The Morgan fingerprint density at radius 1 is 1.17 bits per heavy atom. The standard InChI is InChI=1S/C16H19N7O/c1-24-15-10-13(17-11-18-15)19-12-5-8-22(9-6-12)16-21-20-14-4-2-3-7-23(14)16/h2-4,7,10-12H,5-6,8-9H2,1H3,(H,17,18,19). The zero-order chi connectivity index (χ0) is 16.4. The Morgan fingerprint density at radius 3 is 2.88 bits per heavy atom. The maximum Gasteiger partial charge on any atom is 0.231 e. The monoisotopic (exact) mass is 325 g/mol. The van der Waals surface area contributed by atoms with Crippen molar-refractivity contribution in [1.82, 2.24) is 24.6 Å². The minimum atomic E-state index is 0.375. The topological polar surface area (TPSA) is 80.5 Å². The SMILES string of the molecule is COc1cc(NC2CCN(c3nnc4ccccn34)CC2)ncn1. The number of piperidine rings is 1. The van der Waals surface area contributed by atoms with E-state index in [9.17, 15) is 0 Å². The van der Waals surface area contributed by atoms with Crippen molar-refractivity contribution >= 4 is 17.4 Å². The highest BCUT2D eigenvalue weighted by atomic mass is 16.5. The Morgan fingerprint density at radius 2 is 2.04 bits per heavy atom. The van der Waals surface area contributed by atoms with Crippen LogP contribution in [0.1, 0.15) is 12.8 Å². The molecule has 1 N–H and O–H groups in total. The van der Waals surface area contributed by atoms with Gasteiger partial charge in [0, 0.05) is 31.4 Å². The number of rotatable bonds is 4. The van der Waals surface area contributed by atoms with Crippen molar-refractivity contribution in [2.24, 2.45) is 0 Å². The van der Waals surface area contributed by atoms with E-state index in [0.29, 0.717) is 11.9 Å². The van der Waals surface area contributed by atoms with E-state index in [0.717, 1.165) is 43.3 Å². The molecule has 0 spiro atoms. The van der Waals surface area contributed by atoms with Gasteiger partial charge >= 0.3 is 0 Å². The van der Waals surface area contributed by atoms with E-state index in [1.54, 1.807) is 7.11 Å². The predicted octanol–water partition coefficient (Wildman–Crippen LogP) is 1.61. The highest BCUT2D eigenvalue weighted by molar-refractivity contribution is 5.47. The first kappa shape index (κ1) is 14.7. The summed E-state index contributed by atoms with van der Waals surface area (Å²) >= 11 is 0. The molecule has 124 valence electrons. The lowest BCUT2D eigenvalue weighted by atomic mass is 10.1. The molecule has 3 aromatic rings. The van der Waals surface area contributed by atoms with Gasteiger partial charge in [-0.15, -0.1) is 10.2 Å². The summed E-state index contributed by atoms with van der Waals surface area (Å²) in [5.41, 5.74) is 0.876. The van der Waals surface area contributed by atoms with Crippen molar-refractivity contribution in [2.45, 2.75) is 18.9 Å². The molecule has 24 heavy (non-hydrogen) atoms. The zero-order valence-corrected chi connectivity index (χ0v) is 13.5. The Kier molecular flexibility index (Phi) is 3.86. The quantitative estimate of drug-likeness (QED) is 0.780.